The van der Waals surface area contributed by atoms with Crippen LogP contribution in [-0.4, -0.2) is 25.5 Å². The molecule has 1 aromatic carbocycles. The fourth-order valence-electron chi connectivity index (χ4n) is 1.97. The van der Waals surface area contributed by atoms with Crippen LogP contribution in [0, 0.1) is 0 Å². The summed E-state index contributed by atoms with van der Waals surface area (Å²) in [5.74, 6) is -0.575. The minimum absolute atomic E-state index is 0.0912. The Balaban J connectivity index is 2.05. The second-order valence-corrected chi connectivity index (χ2v) is 4.46. The quantitative estimate of drug-likeness (QED) is 0.603. The highest BCUT2D eigenvalue weighted by atomic mass is 16.5. The number of esters is 1. The highest BCUT2D eigenvalue weighted by Gasteiger charge is 2.51. The van der Waals surface area contributed by atoms with Crippen molar-refractivity contribution >= 4 is 17.6 Å². The largest absolute Gasteiger partial charge is 0.468 e. The van der Waals surface area contributed by atoms with E-state index in [1.165, 1.54) is 7.11 Å². The molecule has 3 N–H and O–H groups in total. The molecule has 2 rings (SSSR count). The molecule has 0 atom stereocenters. The van der Waals surface area contributed by atoms with Crippen molar-refractivity contribution in [3.8, 4) is 0 Å². The number of rotatable bonds is 4. The van der Waals surface area contributed by atoms with Crippen LogP contribution >= 0.6 is 0 Å². The van der Waals surface area contributed by atoms with E-state index in [1.807, 2.05) is 12.1 Å². The average molecular weight is 248 g/mol. The normalized spacial score (nSPS) is 15.8. The third kappa shape index (κ3) is 2.30. The van der Waals surface area contributed by atoms with Crippen molar-refractivity contribution in [2.75, 3.05) is 19.4 Å². The van der Waals surface area contributed by atoms with E-state index in [0.717, 1.165) is 18.4 Å². The number of hydrogen-bond acceptors (Lipinski definition) is 4. The summed E-state index contributed by atoms with van der Waals surface area (Å²) in [7, 11) is 1.29. The summed E-state index contributed by atoms with van der Waals surface area (Å²) < 4.78 is 4.48. The van der Waals surface area contributed by atoms with Crippen molar-refractivity contribution in [1.29, 1.82) is 0 Å². The van der Waals surface area contributed by atoms with Crippen LogP contribution in [0.15, 0.2) is 24.3 Å². The monoisotopic (exact) mass is 248 g/mol. The first kappa shape index (κ1) is 12.4. The van der Waals surface area contributed by atoms with E-state index in [4.69, 9.17) is 5.73 Å². The standard InChI is InChI=1S/C13H16N2O3/c1-18-11(16)8-15-12(17)13(6-7-13)9-2-4-10(14)5-3-9/h2-5H,6-8,14H2,1H3,(H,15,17). The van der Waals surface area contributed by atoms with E-state index in [1.54, 1.807) is 12.1 Å². The van der Waals surface area contributed by atoms with E-state index in [2.05, 4.69) is 10.1 Å². The number of amides is 1. The Morgan fingerprint density at radius 1 is 1.33 bits per heavy atom. The molecule has 1 fully saturated rings. The summed E-state index contributed by atoms with van der Waals surface area (Å²) in [5.41, 5.74) is 6.75. The molecule has 1 amide bonds. The summed E-state index contributed by atoms with van der Waals surface area (Å²) in [4.78, 5) is 23.1. The molecule has 96 valence electrons. The molecule has 0 spiro atoms. The molecule has 0 radical (unpaired) electrons. The number of ether oxygens (including phenoxy) is 1. The Labute approximate surface area is 105 Å². The number of methoxy groups -OCH3 is 1. The summed E-state index contributed by atoms with van der Waals surface area (Å²) in [6.07, 6.45) is 1.59. The van der Waals surface area contributed by atoms with Crippen molar-refractivity contribution in [3.05, 3.63) is 29.8 Å². The third-order valence-electron chi connectivity index (χ3n) is 3.27. The van der Waals surface area contributed by atoms with Gasteiger partial charge in [0.05, 0.1) is 12.5 Å². The maximum Gasteiger partial charge on any atom is 0.325 e. The van der Waals surface area contributed by atoms with Gasteiger partial charge in [0.1, 0.15) is 6.54 Å². The number of nitrogen functional groups attached to an aromatic ring is 1. The van der Waals surface area contributed by atoms with Crippen molar-refractivity contribution < 1.29 is 14.3 Å². The van der Waals surface area contributed by atoms with Gasteiger partial charge in [-0.1, -0.05) is 12.1 Å². The summed E-state index contributed by atoms with van der Waals surface area (Å²) >= 11 is 0. The van der Waals surface area contributed by atoms with Gasteiger partial charge in [-0.15, -0.1) is 0 Å². The SMILES string of the molecule is COC(=O)CNC(=O)C1(c2ccc(N)cc2)CC1. The smallest absolute Gasteiger partial charge is 0.325 e. The maximum absolute atomic E-state index is 12.1. The number of anilines is 1. The van der Waals surface area contributed by atoms with Crippen LogP contribution in [0.4, 0.5) is 5.69 Å². The topological polar surface area (TPSA) is 81.4 Å². The van der Waals surface area contributed by atoms with Crippen LogP contribution in [0.5, 0.6) is 0 Å². The number of benzene rings is 1. The number of nitrogens with one attached hydrogen (secondary N) is 1. The lowest BCUT2D eigenvalue weighted by Crippen LogP contribution is -2.38. The first-order valence-electron chi connectivity index (χ1n) is 5.79. The van der Waals surface area contributed by atoms with E-state index >= 15 is 0 Å². The van der Waals surface area contributed by atoms with Crippen LogP contribution in [0.2, 0.25) is 0 Å². The van der Waals surface area contributed by atoms with Gasteiger partial charge >= 0.3 is 5.97 Å². The van der Waals surface area contributed by atoms with Crippen LogP contribution in [0.1, 0.15) is 18.4 Å². The zero-order chi connectivity index (χ0) is 13.2. The van der Waals surface area contributed by atoms with E-state index < -0.39 is 11.4 Å². The molecule has 0 aliphatic heterocycles. The van der Waals surface area contributed by atoms with Gasteiger partial charge in [0, 0.05) is 5.69 Å². The summed E-state index contributed by atoms with van der Waals surface area (Å²) in [5, 5.41) is 2.60. The lowest BCUT2D eigenvalue weighted by molar-refractivity contribution is -0.141. The molecule has 5 nitrogen and oxygen atoms in total. The van der Waals surface area contributed by atoms with Crippen molar-refractivity contribution in [1.82, 2.24) is 5.32 Å². The van der Waals surface area contributed by atoms with Crippen LogP contribution in [-0.2, 0) is 19.7 Å². The molecule has 1 aromatic rings. The van der Waals surface area contributed by atoms with Gasteiger partial charge < -0.3 is 15.8 Å². The van der Waals surface area contributed by atoms with Gasteiger partial charge in [0.2, 0.25) is 5.91 Å². The molecular formula is C13H16N2O3. The summed E-state index contributed by atoms with van der Waals surface area (Å²) in [6.45, 7) is -0.0912. The van der Waals surface area contributed by atoms with E-state index in [9.17, 15) is 9.59 Å². The highest BCUT2D eigenvalue weighted by Crippen LogP contribution is 2.48. The van der Waals surface area contributed by atoms with Crippen LogP contribution in [0.3, 0.4) is 0 Å². The zero-order valence-electron chi connectivity index (χ0n) is 10.2. The second-order valence-electron chi connectivity index (χ2n) is 4.46. The lowest BCUT2D eigenvalue weighted by Gasteiger charge is -2.15. The molecule has 0 unspecified atom stereocenters. The van der Waals surface area contributed by atoms with Gasteiger partial charge in [-0.2, -0.15) is 0 Å². The highest BCUT2D eigenvalue weighted by molar-refractivity contribution is 5.93. The van der Waals surface area contributed by atoms with E-state index in [0.29, 0.717) is 5.69 Å². The minimum Gasteiger partial charge on any atom is -0.468 e. The Hall–Kier alpha value is -2.04. The van der Waals surface area contributed by atoms with Crippen molar-refractivity contribution in [2.45, 2.75) is 18.3 Å². The molecule has 1 saturated carbocycles. The van der Waals surface area contributed by atoms with E-state index in [-0.39, 0.29) is 12.5 Å². The molecule has 0 bridgehead atoms. The predicted octanol–water partition coefficient (Wildman–Crippen LogP) is 0.590. The summed E-state index contributed by atoms with van der Waals surface area (Å²) in [6, 6.07) is 7.28. The number of carbonyl (C=O) groups is 2. The molecule has 1 aliphatic rings. The Kier molecular flexibility index (Phi) is 3.23. The molecule has 0 heterocycles. The lowest BCUT2D eigenvalue weighted by atomic mass is 9.95. The first-order valence-corrected chi connectivity index (χ1v) is 5.79. The maximum atomic E-state index is 12.1. The fourth-order valence-corrected chi connectivity index (χ4v) is 1.97. The Morgan fingerprint density at radius 3 is 2.44 bits per heavy atom. The molecule has 18 heavy (non-hydrogen) atoms. The van der Waals surface area contributed by atoms with Gasteiger partial charge in [-0.3, -0.25) is 9.59 Å². The Bertz CT molecular complexity index is 464. The van der Waals surface area contributed by atoms with Gasteiger partial charge in [0.25, 0.3) is 0 Å². The minimum atomic E-state index is -0.484. The number of nitrogens with two attached hydrogens (primary N) is 1. The molecule has 5 heteroatoms. The fraction of sp³-hybridized carbons (Fsp3) is 0.385. The average Bonchev–Trinajstić information content (AvgIpc) is 3.17. The second kappa shape index (κ2) is 4.68. The molecular weight excluding hydrogens is 232 g/mol. The van der Waals surface area contributed by atoms with Crippen molar-refractivity contribution in [3.63, 3.8) is 0 Å². The number of carbonyl (C=O) groups excluding carboxylic acids is 2. The molecule has 0 aromatic heterocycles. The van der Waals surface area contributed by atoms with Gasteiger partial charge in [0.15, 0.2) is 0 Å². The van der Waals surface area contributed by atoms with Crippen LogP contribution < -0.4 is 11.1 Å². The molecule has 0 saturated heterocycles. The molecule has 1 aliphatic carbocycles. The zero-order valence-corrected chi connectivity index (χ0v) is 10.2. The van der Waals surface area contributed by atoms with Gasteiger partial charge in [-0.25, -0.2) is 0 Å². The first-order chi connectivity index (χ1) is 8.58. The Morgan fingerprint density at radius 2 is 1.94 bits per heavy atom. The third-order valence-corrected chi connectivity index (χ3v) is 3.27. The number of hydrogen-bond donors (Lipinski definition) is 2. The van der Waals surface area contributed by atoms with Gasteiger partial charge in [-0.05, 0) is 30.5 Å². The van der Waals surface area contributed by atoms with Crippen LogP contribution in [0.25, 0.3) is 0 Å². The predicted molar refractivity (Wildman–Crippen MR) is 66.8 cm³/mol. The van der Waals surface area contributed by atoms with Crippen molar-refractivity contribution in [2.24, 2.45) is 0 Å².